The van der Waals surface area contributed by atoms with Crippen molar-refractivity contribution in [3.8, 4) is 0 Å². The Morgan fingerprint density at radius 2 is 2.12 bits per heavy atom. The number of amides is 1. The number of rotatable bonds is 3. The molecule has 1 aliphatic carbocycles. The standard InChI is InChI=1S/C18H18ClNO3S/c1-10-3-6-15-12(7-10)9-16(24-15)17(21)20-14-8-11(18(22)23-2)4-5-13(14)19/h4-5,8-10H,3,6-7H2,1-2H3,(H,20,21)/t10-/m1/s1. The van der Waals surface area contributed by atoms with Gasteiger partial charge >= 0.3 is 5.97 Å². The van der Waals surface area contributed by atoms with E-state index in [1.807, 2.05) is 6.07 Å². The van der Waals surface area contributed by atoms with Gasteiger partial charge in [0.15, 0.2) is 0 Å². The molecule has 0 radical (unpaired) electrons. The summed E-state index contributed by atoms with van der Waals surface area (Å²) in [5.74, 6) is -0.0112. The number of benzene rings is 1. The molecule has 3 rings (SSSR count). The summed E-state index contributed by atoms with van der Waals surface area (Å²) in [6.07, 6.45) is 3.23. The molecule has 1 aromatic heterocycles. The second-order valence-corrected chi connectivity index (χ2v) is 7.59. The summed E-state index contributed by atoms with van der Waals surface area (Å²) in [6.45, 7) is 2.23. The van der Waals surface area contributed by atoms with Crippen molar-refractivity contribution in [2.24, 2.45) is 5.92 Å². The monoisotopic (exact) mass is 363 g/mol. The van der Waals surface area contributed by atoms with Gasteiger partial charge in [0.05, 0.1) is 28.3 Å². The van der Waals surface area contributed by atoms with Crippen molar-refractivity contribution < 1.29 is 14.3 Å². The number of nitrogens with one attached hydrogen (secondary N) is 1. The summed E-state index contributed by atoms with van der Waals surface area (Å²) in [5.41, 5.74) is 2.03. The van der Waals surface area contributed by atoms with E-state index in [0.29, 0.717) is 27.1 Å². The topological polar surface area (TPSA) is 55.4 Å². The van der Waals surface area contributed by atoms with Crippen LogP contribution in [0.3, 0.4) is 0 Å². The lowest BCUT2D eigenvalue weighted by Crippen LogP contribution is -2.12. The molecule has 1 heterocycles. The Balaban J connectivity index is 1.81. The van der Waals surface area contributed by atoms with Gasteiger partial charge < -0.3 is 10.1 Å². The predicted octanol–water partition coefficient (Wildman–Crippen LogP) is 4.57. The maximum absolute atomic E-state index is 12.5. The largest absolute Gasteiger partial charge is 0.465 e. The molecule has 0 unspecified atom stereocenters. The molecule has 24 heavy (non-hydrogen) atoms. The normalized spacial score (nSPS) is 16.4. The highest BCUT2D eigenvalue weighted by molar-refractivity contribution is 7.14. The Labute approximate surface area is 149 Å². The predicted molar refractivity (Wildman–Crippen MR) is 96.3 cm³/mol. The summed E-state index contributed by atoms with van der Waals surface area (Å²) < 4.78 is 4.69. The molecule has 0 saturated carbocycles. The van der Waals surface area contributed by atoms with Crippen molar-refractivity contribution in [1.29, 1.82) is 0 Å². The molecule has 0 spiro atoms. The van der Waals surface area contributed by atoms with E-state index in [-0.39, 0.29) is 5.91 Å². The fourth-order valence-electron chi connectivity index (χ4n) is 2.87. The van der Waals surface area contributed by atoms with Crippen molar-refractivity contribution in [3.05, 3.63) is 50.2 Å². The maximum atomic E-state index is 12.5. The zero-order valence-electron chi connectivity index (χ0n) is 13.5. The summed E-state index contributed by atoms with van der Waals surface area (Å²) in [4.78, 5) is 26.1. The molecule has 6 heteroatoms. The number of carbonyl (C=O) groups excluding carboxylic acids is 2. The van der Waals surface area contributed by atoms with E-state index in [9.17, 15) is 9.59 Å². The van der Waals surface area contributed by atoms with Gasteiger partial charge in [-0.2, -0.15) is 0 Å². The number of anilines is 1. The second kappa shape index (κ2) is 6.95. The number of carbonyl (C=O) groups is 2. The first kappa shape index (κ1) is 17.0. The molecule has 4 nitrogen and oxygen atoms in total. The summed E-state index contributed by atoms with van der Waals surface area (Å²) >= 11 is 7.67. The molecule has 1 N–H and O–H groups in total. The van der Waals surface area contributed by atoms with E-state index >= 15 is 0 Å². The van der Waals surface area contributed by atoms with Crippen LogP contribution in [0.25, 0.3) is 0 Å². The quantitative estimate of drug-likeness (QED) is 0.813. The molecule has 2 aromatic rings. The van der Waals surface area contributed by atoms with Crippen LogP contribution >= 0.6 is 22.9 Å². The van der Waals surface area contributed by atoms with Gasteiger partial charge in [-0.05, 0) is 55.0 Å². The molecule has 1 aromatic carbocycles. The molecule has 0 bridgehead atoms. The minimum atomic E-state index is -0.470. The molecule has 0 fully saturated rings. The molecule has 0 aliphatic heterocycles. The average Bonchev–Trinajstić information content (AvgIpc) is 2.99. The van der Waals surface area contributed by atoms with Gasteiger partial charge in [0, 0.05) is 4.88 Å². The van der Waals surface area contributed by atoms with Crippen molar-refractivity contribution >= 4 is 40.5 Å². The molecule has 0 saturated heterocycles. The van der Waals surface area contributed by atoms with Crippen LogP contribution in [0, 0.1) is 5.92 Å². The van der Waals surface area contributed by atoms with E-state index in [4.69, 9.17) is 16.3 Å². The van der Waals surface area contributed by atoms with Gasteiger partial charge in [-0.25, -0.2) is 4.79 Å². The lowest BCUT2D eigenvalue weighted by molar-refractivity contribution is 0.0600. The van der Waals surface area contributed by atoms with Crippen LogP contribution in [0.15, 0.2) is 24.3 Å². The van der Waals surface area contributed by atoms with Crippen LogP contribution in [0.1, 0.15) is 43.8 Å². The molecular formula is C18H18ClNO3S. The lowest BCUT2D eigenvalue weighted by Gasteiger charge is -2.16. The second-order valence-electron chi connectivity index (χ2n) is 6.05. The summed E-state index contributed by atoms with van der Waals surface area (Å²) in [6, 6.07) is 6.64. The molecule has 1 amide bonds. The third-order valence-electron chi connectivity index (χ3n) is 4.19. The van der Waals surface area contributed by atoms with Crippen molar-refractivity contribution in [1.82, 2.24) is 0 Å². The van der Waals surface area contributed by atoms with Crippen molar-refractivity contribution in [3.63, 3.8) is 0 Å². The minimum Gasteiger partial charge on any atom is -0.465 e. The average molecular weight is 364 g/mol. The van der Waals surface area contributed by atoms with Crippen LogP contribution < -0.4 is 5.32 Å². The summed E-state index contributed by atoms with van der Waals surface area (Å²) in [7, 11) is 1.31. The first-order chi connectivity index (χ1) is 11.5. The van der Waals surface area contributed by atoms with Crippen molar-refractivity contribution in [2.75, 3.05) is 12.4 Å². The van der Waals surface area contributed by atoms with Crippen LogP contribution in [0.5, 0.6) is 0 Å². The number of fused-ring (bicyclic) bond motifs is 1. The SMILES string of the molecule is COC(=O)c1ccc(Cl)c(NC(=O)c2cc3c(s2)CC[C@@H](C)C3)c1. The fraction of sp³-hybridized carbons (Fsp3) is 0.333. The third kappa shape index (κ3) is 3.47. The molecular weight excluding hydrogens is 346 g/mol. The number of hydrogen-bond acceptors (Lipinski definition) is 4. The van der Waals surface area contributed by atoms with Crippen LogP contribution in [0.4, 0.5) is 5.69 Å². The van der Waals surface area contributed by atoms with Gasteiger partial charge in [-0.15, -0.1) is 11.3 Å². The number of halogens is 1. The number of esters is 1. The van der Waals surface area contributed by atoms with E-state index in [1.54, 1.807) is 12.1 Å². The smallest absolute Gasteiger partial charge is 0.337 e. The highest BCUT2D eigenvalue weighted by atomic mass is 35.5. The first-order valence-electron chi connectivity index (χ1n) is 7.78. The number of methoxy groups -OCH3 is 1. The highest BCUT2D eigenvalue weighted by Crippen LogP contribution is 2.33. The van der Waals surface area contributed by atoms with E-state index < -0.39 is 5.97 Å². The Hall–Kier alpha value is -1.85. The number of aryl methyl sites for hydroxylation is 1. The van der Waals surface area contributed by atoms with Gasteiger partial charge in [-0.1, -0.05) is 18.5 Å². The Morgan fingerprint density at radius 1 is 1.33 bits per heavy atom. The van der Waals surface area contributed by atoms with Gasteiger partial charge in [-0.3, -0.25) is 4.79 Å². The van der Waals surface area contributed by atoms with Crippen LogP contribution in [-0.4, -0.2) is 19.0 Å². The first-order valence-corrected chi connectivity index (χ1v) is 8.98. The summed E-state index contributed by atoms with van der Waals surface area (Å²) in [5, 5.41) is 3.18. The molecule has 1 atom stereocenters. The van der Waals surface area contributed by atoms with Crippen molar-refractivity contribution in [2.45, 2.75) is 26.2 Å². The number of ether oxygens (including phenoxy) is 1. The maximum Gasteiger partial charge on any atom is 0.337 e. The highest BCUT2D eigenvalue weighted by Gasteiger charge is 2.21. The lowest BCUT2D eigenvalue weighted by atomic mass is 9.90. The molecule has 126 valence electrons. The van der Waals surface area contributed by atoms with Gasteiger partial charge in [0.2, 0.25) is 0 Å². The zero-order chi connectivity index (χ0) is 17.3. The van der Waals surface area contributed by atoms with Crippen LogP contribution in [-0.2, 0) is 17.6 Å². The van der Waals surface area contributed by atoms with Crippen LogP contribution in [0.2, 0.25) is 5.02 Å². The minimum absolute atomic E-state index is 0.203. The zero-order valence-corrected chi connectivity index (χ0v) is 15.1. The van der Waals surface area contributed by atoms with Gasteiger partial charge in [0.25, 0.3) is 5.91 Å². The van der Waals surface area contributed by atoms with E-state index in [1.165, 1.54) is 41.4 Å². The van der Waals surface area contributed by atoms with E-state index in [2.05, 4.69) is 12.2 Å². The number of thiophene rings is 1. The molecule has 1 aliphatic rings. The Bertz CT molecular complexity index is 800. The van der Waals surface area contributed by atoms with E-state index in [0.717, 1.165) is 12.8 Å². The van der Waals surface area contributed by atoms with Gasteiger partial charge in [0.1, 0.15) is 0 Å². The fourth-order valence-corrected chi connectivity index (χ4v) is 4.14. The Kier molecular flexibility index (Phi) is 4.92. The Morgan fingerprint density at radius 3 is 2.88 bits per heavy atom. The third-order valence-corrected chi connectivity index (χ3v) is 5.75. The number of hydrogen-bond donors (Lipinski definition) is 1.